The van der Waals surface area contributed by atoms with Gasteiger partial charge in [-0.25, -0.2) is 9.97 Å². The fourth-order valence-electron chi connectivity index (χ4n) is 2.69. The van der Waals surface area contributed by atoms with E-state index >= 15 is 0 Å². The van der Waals surface area contributed by atoms with Crippen LogP contribution in [0.4, 0.5) is 17.3 Å². The fraction of sp³-hybridized carbons (Fsp3) is 0.643. The minimum absolute atomic E-state index is 0.154. The van der Waals surface area contributed by atoms with E-state index in [4.69, 9.17) is 4.74 Å². The highest BCUT2D eigenvalue weighted by atomic mass is 16.6. The summed E-state index contributed by atoms with van der Waals surface area (Å²) < 4.78 is 5.06. The topological polar surface area (TPSA) is 110 Å². The molecule has 23 heavy (non-hydrogen) atoms. The first kappa shape index (κ1) is 16.9. The minimum Gasteiger partial charge on any atom is -0.466 e. The number of nitrogens with zero attached hydrogens (tertiary/aromatic N) is 4. The van der Waals surface area contributed by atoms with E-state index < -0.39 is 4.92 Å². The Balaban J connectivity index is 2.28. The first-order valence-electron chi connectivity index (χ1n) is 7.73. The molecule has 1 saturated heterocycles. The van der Waals surface area contributed by atoms with Crippen molar-refractivity contribution in [1.82, 2.24) is 9.97 Å². The van der Waals surface area contributed by atoms with E-state index in [1.165, 1.54) is 6.33 Å². The summed E-state index contributed by atoms with van der Waals surface area (Å²) in [5.41, 5.74) is -0.154. The lowest BCUT2D eigenvalue weighted by atomic mass is 9.98. The predicted octanol–water partition coefficient (Wildman–Crippen LogP) is 1.60. The summed E-state index contributed by atoms with van der Waals surface area (Å²) in [5.74, 6) is -0.114. The van der Waals surface area contributed by atoms with Crippen LogP contribution in [-0.2, 0) is 9.53 Å². The maximum Gasteiger partial charge on any atom is 0.353 e. The Kier molecular flexibility index (Phi) is 5.67. The number of esters is 1. The molecule has 2 heterocycles. The van der Waals surface area contributed by atoms with Crippen molar-refractivity contribution >= 4 is 23.3 Å². The van der Waals surface area contributed by atoms with Crippen LogP contribution in [0.25, 0.3) is 0 Å². The van der Waals surface area contributed by atoms with E-state index in [-0.39, 0.29) is 29.2 Å². The molecule has 0 aliphatic carbocycles. The Morgan fingerprint density at radius 3 is 2.96 bits per heavy atom. The largest absolute Gasteiger partial charge is 0.466 e. The first-order valence-corrected chi connectivity index (χ1v) is 7.73. The number of carbonyl (C=O) groups excluding carboxylic acids is 1. The standard InChI is InChI=1S/C14H21N5O4/c1-3-15-12-11(19(21)22)13(17-9-16-12)18-7-5-6-10(8-18)14(20)23-4-2/h9-10H,3-8H2,1-2H3,(H,15,16,17). The van der Waals surface area contributed by atoms with E-state index in [9.17, 15) is 14.9 Å². The third kappa shape index (κ3) is 3.85. The van der Waals surface area contributed by atoms with E-state index in [1.807, 2.05) is 6.92 Å². The number of nitro groups is 1. The number of rotatable bonds is 6. The third-order valence-corrected chi connectivity index (χ3v) is 3.67. The highest BCUT2D eigenvalue weighted by Gasteiger charge is 2.33. The van der Waals surface area contributed by atoms with Gasteiger partial charge in [0.05, 0.1) is 17.4 Å². The zero-order valence-corrected chi connectivity index (χ0v) is 13.3. The van der Waals surface area contributed by atoms with E-state index in [0.29, 0.717) is 32.7 Å². The molecule has 1 atom stereocenters. The summed E-state index contributed by atoms with van der Waals surface area (Å²) in [6.07, 6.45) is 2.77. The molecule has 0 bridgehead atoms. The van der Waals surface area contributed by atoms with E-state index in [0.717, 1.165) is 6.42 Å². The highest BCUT2D eigenvalue weighted by Crippen LogP contribution is 2.34. The SMILES string of the molecule is CCNc1ncnc(N2CCCC(C(=O)OCC)C2)c1[N+](=O)[O-]. The van der Waals surface area contributed by atoms with Crippen LogP contribution in [-0.4, -0.2) is 47.1 Å². The van der Waals surface area contributed by atoms with Gasteiger partial charge in [-0.3, -0.25) is 14.9 Å². The average molecular weight is 323 g/mol. The average Bonchev–Trinajstić information content (AvgIpc) is 2.55. The molecule has 126 valence electrons. The van der Waals surface area contributed by atoms with Gasteiger partial charge in [0.2, 0.25) is 11.6 Å². The van der Waals surface area contributed by atoms with Gasteiger partial charge in [0, 0.05) is 19.6 Å². The van der Waals surface area contributed by atoms with Crippen molar-refractivity contribution in [2.24, 2.45) is 5.92 Å². The molecule has 1 fully saturated rings. The number of hydrogen-bond acceptors (Lipinski definition) is 8. The molecular weight excluding hydrogens is 302 g/mol. The van der Waals surface area contributed by atoms with Gasteiger partial charge in [0.15, 0.2) is 0 Å². The highest BCUT2D eigenvalue weighted by molar-refractivity contribution is 5.75. The minimum atomic E-state index is -0.485. The van der Waals surface area contributed by atoms with Crippen molar-refractivity contribution in [1.29, 1.82) is 0 Å². The van der Waals surface area contributed by atoms with Gasteiger partial charge in [-0.15, -0.1) is 0 Å². The smallest absolute Gasteiger partial charge is 0.353 e. The normalized spacial score (nSPS) is 17.7. The lowest BCUT2D eigenvalue weighted by Crippen LogP contribution is -2.40. The molecule has 1 unspecified atom stereocenters. The number of anilines is 2. The van der Waals surface area contributed by atoms with Gasteiger partial charge in [-0.2, -0.15) is 0 Å². The van der Waals surface area contributed by atoms with Crippen molar-refractivity contribution in [2.75, 3.05) is 36.5 Å². The monoisotopic (exact) mass is 323 g/mol. The molecule has 1 N–H and O–H groups in total. The van der Waals surface area contributed by atoms with Gasteiger partial charge >= 0.3 is 11.7 Å². The lowest BCUT2D eigenvalue weighted by Gasteiger charge is -2.32. The second-order valence-electron chi connectivity index (χ2n) is 5.22. The van der Waals surface area contributed by atoms with Crippen molar-refractivity contribution in [3.8, 4) is 0 Å². The van der Waals surface area contributed by atoms with Gasteiger partial charge in [-0.05, 0) is 26.7 Å². The van der Waals surface area contributed by atoms with Gasteiger partial charge in [0.25, 0.3) is 0 Å². The summed E-state index contributed by atoms with van der Waals surface area (Å²) in [4.78, 5) is 32.7. The number of ether oxygens (including phenoxy) is 1. The molecule has 1 aliphatic rings. The van der Waals surface area contributed by atoms with Crippen LogP contribution >= 0.6 is 0 Å². The molecule has 2 rings (SSSR count). The van der Waals surface area contributed by atoms with Crippen LogP contribution in [0, 0.1) is 16.0 Å². The van der Waals surface area contributed by atoms with Crippen molar-refractivity contribution in [2.45, 2.75) is 26.7 Å². The summed E-state index contributed by atoms with van der Waals surface area (Å²) >= 11 is 0. The van der Waals surface area contributed by atoms with Crippen LogP contribution in [0.1, 0.15) is 26.7 Å². The zero-order chi connectivity index (χ0) is 16.8. The molecule has 1 aromatic heterocycles. The number of carbonyl (C=O) groups is 1. The maximum atomic E-state index is 11.9. The van der Waals surface area contributed by atoms with Crippen LogP contribution in [0.15, 0.2) is 6.33 Å². The van der Waals surface area contributed by atoms with Gasteiger partial charge in [0.1, 0.15) is 6.33 Å². The zero-order valence-electron chi connectivity index (χ0n) is 13.3. The van der Waals surface area contributed by atoms with Crippen LogP contribution in [0.2, 0.25) is 0 Å². The van der Waals surface area contributed by atoms with Crippen LogP contribution in [0.5, 0.6) is 0 Å². The molecule has 9 heteroatoms. The van der Waals surface area contributed by atoms with E-state index in [2.05, 4.69) is 15.3 Å². The Bertz CT molecular complexity index is 580. The molecule has 0 saturated carbocycles. The van der Waals surface area contributed by atoms with Crippen molar-refractivity contribution in [3.05, 3.63) is 16.4 Å². The molecule has 1 aromatic rings. The Labute approximate surface area is 134 Å². The Hall–Kier alpha value is -2.45. The second kappa shape index (κ2) is 7.70. The first-order chi connectivity index (χ1) is 11.1. The molecular formula is C14H21N5O4. The molecule has 0 amide bonds. The number of aromatic nitrogens is 2. The second-order valence-corrected chi connectivity index (χ2v) is 5.22. The summed E-state index contributed by atoms with van der Waals surface area (Å²) in [5, 5.41) is 14.3. The van der Waals surface area contributed by atoms with E-state index in [1.54, 1.807) is 11.8 Å². The summed E-state index contributed by atoms with van der Waals surface area (Å²) in [6.45, 7) is 5.41. The van der Waals surface area contributed by atoms with Crippen molar-refractivity contribution < 1.29 is 14.5 Å². The molecule has 0 aromatic carbocycles. The number of hydrogen-bond donors (Lipinski definition) is 1. The van der Waals surface area contributed by atoms with Gasteiger partial charge < -0.3 is 15.0 Å². The molecule has 9 nitrogen and oxygen atoms in total. The molecule has 0 spiro atoms. The molecule has 1 aliphatic heterocycles. The van der Waals surface area contributed by atoms with Gasteiger partial charge in [-0.1, -0.05) is 0 Å². The van der Waals surface area contributed by atoms with Crippen LogP contribution < -0.4 is 10.2 Å². The third-order valence-electron chi connectivity index (χ3n) is 3.67. The quantitative estimate of drug-likeness (QED) is 0.477. The predicted molar refractivity (Wildman–Crippen MR) is 84.4 cm³/mol. The fourth-order valence-corrected chi connectivity index (χ4v) is 2.69. The Morgan fingerprint density at radius 1 is 1.52 bits per heavy atom. The lowest BCUT2D eigenvalue weighted by molar-refractivity contribution is -0.383. The maximum absolute atomic E-state index is 11.9. The van der Waals surface area contributed by atoms with Crippen LogP contribution in [0.3, 0.4) is 0 Å². The number of nitrogens with one attached hydrogen (secondary N) is 1. The molecule has 0 radical (unpaired) electrons. The Morgan fingerprint density at radius 2 is 2.30 bits per heavy atom. The summed E-state index contributed by atoms with van der Waals surface area (Å²) in [6, 6.07) is 0. The summed E-state index contributed by atoms with van der Waals surface area (Å²) in [7, 11) is 0. The van der Waals surface area contributed by atoms with Crippen molar-refractivity contribution in [3.63, 3.8) is 0 Å². The number of piperidine rings is 1.